The molecule has 0 radical (unpaired) electrons. The first-order valence-corrected chi connectivity index (χ1v) is 8.47. The SMILES string of the molecule is CC1CN=C(NCC2CCN(Cc3cccs3)CC2)N1. The Balaban J connectivity index is 1.36. The molecule has 1 unspecified atom stereocenters. The molecular formula is C15H24N4S. The van der Waals surface area contributed by atoms with Crippen LogP contribution in [0.2, 0.25) is 0 Å². The third kappa shape index (κ3) is 3.73. The van der Waals surface area contributed by atoms with E-state index >= 15 is 0 Å². The summed E-state index contributed by atoms with van der Waals surface area (Å²) in [6, 6.07) is 4.88. The molecule has 0 aromatic carbocycles. The van der Waals surface area contributed by atoms with Gasteiger partial charge in [-0.15, -0.1) is 11.3 Å². The summed E-state index contributed by atoms with van der Waals surface area (Å²) in [6.45, 7) is 7.71. The molecule has 4 nitrogen and oxygen atoms in total. The average Bonchev–Trinajstić information content (AvgIpc) is 3.10. The highest BCUT2D eigenvalue weighted by Gasteiger charge is 2.20. The van der Waals surface area contributed by atoms with Gasteiger partial charge in [-0.3, -0.25) is 9.89 Å². The second-order valence-electron chi connectivity index (χ2n) is 5.91. The van der Waals surface area contributed by atoms with Gasteiger partial charge in [-0.25, -0.2) is 0 Å². The van der Waals surface area contributed by atoms with Gasteiger partial charge in [-0.2, -0.15) is 0 Å². The fraction of sp³-hybridized carbons (Fsp3) is 0.667. The molecule has 1 aromatic rings. The topological polar surface area (TPSA) is 39.7 Å². The summed E-state index contributed by atoms with van der Waals surface area (Å²) in [7, 11) is 0. The lowest BCUT2D eigenvalue weighted by Crippen LogP contribution is -2.42. The molecule has 1 aromatic heterocycles. The molecular weight excluding hydrogens is 268 g/mol. The van der Waals surface area contributed by atoms with Gasteiger partial charge in [0.1, 0.15) is 0 Å². The summed E-state index contributed by atoms with van der Waals surface area (Å²) < 4.78 is 0. The van der Waals surface area contributed by atoms with Gasteiger partial charge in [-0.05, 0) is 50.2 Å². The average molecular weight is 292 g/mol. The lowest BCUT2D eigenvalue weighted by atomic mass is 9.97. The Morgan fingerprint density at radius 3 is 2.95 bits per heavy atom. The van der Waals surface area contributed by atoms with Crippen molar-refractivity contribution in [2.45, 2.75) is 32.4 Å². The van der Waals surface area contributed by atoms with E-state index < -0.39 is 0 Å². The number of thiophene rings is 1. The van der Waals surface area contributed by atoms with Crippen LogP contribution in [0.15, 0.2) is 22.5 Å². The van der Waals surface area contributed by atoms with Crippen LogP contribution in [-0.2, 0) is 6.54 Å². The molecule has 0 spiro atoms. The molecule has 2 aliphatic heterocycles. The van der Waals surface area contributed by atoms with Crippen molar-refractivity contribution in [1.82, 2.24) is 15.5 Å². The molecule has 0 aliphatic carbocycles. The first-order valence-electron chi connectivity index (χ1n) is 7.59. The van der Waals surface area contributed by atoms with Gasteiger partial charge < -0.3 is 10.6 Å². The number of hydrogen-bond donors (Lipinski definition) is 2. The predicted octanol–water partition coefficient (Wildman–Crippen LogP) is 1.90. The van der Waals surface area contributed by atoms with Crippen molar-refractivity contribution in [1.29, 1.82) is 0 Å². The Hall–Kier alpha value is -1.07. The molecule has 0 saturated carbocycles. The van der Waals surface area contributed by atoms with Gasteiger partial charge in [0.15, 0.2) is 5.96 Å². The van der Waals surface area contributed by atoms with Gasteiger partial charge in [0.2, 0.25) is 0 Å². The van der Waals surface area contributed by atoms with Crippen molar-refractivity contribution in [3.63, 3.8) is 0 Å². The molecule has 5 heteroatoms. The van der Waals surface area contributed by atoms with Crippen LogP contribution in [0.5, 0.6) is 0 Å². The first kappa shape index (κ1) is 13.9. The van der Waals surface area contributed by atoms with Crippen LogP contribution >= 0.6 is 11.3 Å². The molecule has 2 N–H and O–H groups in total. The molecule has 1 atom stereocenters. The van der Waals surface area contributed by atoms with E-state index in [-0.39, 0.29) is 0 Å². The summed E-state index contributed by atoms with van der Waals surface area (Å²) in [5.74, 6) is 1.79. The van der Waals surface area contributed by atoms with Crippen LogP contribution in [0.3, 0.4) is 0 Å². The molecule has 3 heterocycles. The Morgan fingerprint density at radius 2 is 2.30 bits per heavy atom. The summed E-state index contributed by atoms with van der Waals surface area (Å²) in [5.41, 5.74) is 0. The van der Waals surface area contributed by atoms with Gasteiger partial charge in [0, 0.05) is 24.0 Å². The zero-order valence-electron chi connectivity index (χ0n) is 12.1. The Kier molecular flexibility index (Phi) is 4.58. The number of nitrogens with one attached hydrogen (secondary N) is 2. The van der Waals surface area contributed by atoms with Crippen LogP contribution in [0.4, 0.5) is 0 Å². The van der Waals surface area contributed by atoms with E-state index in [1.54, 1.807) is 0 Å². The summed E-state index contributed by atoms with van der Waals surface area (Å²) in [6.07, 6.45) is 2.59. The van der Waals surface area contributed by atoms with Crippen molar-refractivity contribution < 1.29 is 0 Å². The number of piperidine rings is 1. The Labute approximate surface area is 125 Å². The molecule has 1 saturated heterocycles. The van der Waals surface area contributed by atoms with Crippen molar-refractivity contribution >= 4 is 17.3 Å². The number of aliphatic imine (C=N–C) groups is 1. The largest absolute Gasteiger partial charge is 0.356 e. The fourth-order valence-corrected chi connectivity index (χ4v) is 3.62. The van der Waals surface area contributed by atoms with E-state index in [1.807, 2.05) is 11.3 Å². The Bertz CT molecular complexity index is 435. The predicted molar refractivity (Wildman–Crippen MR) is 85.2 cm³/mol. The Morgan fingerprint density at radius 1 is 1.45 bits per heavy atom. The lowest BCUT2D eigenvalue weighted by molar-refractivity contribution is 0.179. The molecule has 2 aliphatic rings. The third-order valence-corrected chi connectivity index (χ3v) is 4.99. The van der Waals surface area contributed by atoms with E-state index in [4.69, 9.17) is 0 Å². The monoisotopic (exact) mass is 292 g/mol. The molecule has 20 heavy (non-hydrogen) atoms. The van der Waals surface area contributed by atoms with Crippen molar-refractivity contribution in [3.8, 4) is 0 Å². The van der Waals surface area contributed by atoms with E-state index in [0.717, 1.165) is 31.5 Å². The number of likely N-dealkylation sites (tertiary alicyclic amines) is 1. The quantitative estimate of drug-likeness (QED) is 0.890. The minimum absolute atomic E-state index is 0.491. The van der Waals surface area contributed by atoms with Crippen molar-refractivity contribution in [2.24, 2.45) is 10.9 Å². The zero-order valence-corrected chi connectivity index (χ0v) is 13.0. The maximum absolute atomic E-state index is 4.45. The summed E-state index contributed by atoms with van der Waals surface area (Å²) in [4.78, 5) is 8.52. The lowest BCUT2D eigenvalue weighted by Gasteiger charge is -2.31. The van der Waals surface area contributed by atoms with Crippen molar-refractivity contribution in [3.05, 3.63) is 22.4 Å². The highest BCUT2D eigenvalue weighted by Crippen LogP contribution is 2.20. The molecule has 0 amide bonds. The van der Waals surface area contributed by atoms with Crippen LogP contribution in [0.1, 0.15) is 24.6 Å². The molecule has 1 fully saturated rings. The first-order chi connectivity index (χ1) is 9.79. The number of rotatable bonds is 4. The van der Waals surface area contributed by atoms with Gasteiger partial charge in [0.25, 0.3) is 0 Å². The molecule has 0 bridgehead atoms. The maximum atomic E-state index is 4.45. The molecule has 110 valence electrons. The summed E-state index contributed by atoms with van der Waals surface area (Å²) >= 11 is 1.87. The number of hydrogen-bond acceptors (Lipinski definition) is 5. The van der Waals surface area contributed by atoms with Gasteiger partial charge in [-0.1, -0.05) is 6.07 Å². The van der Waals surface area contributed by atoms with E-state index in [0.29, 0.717) is 6.04 Å². The second kappa shape index (κ2) is 6.59. The normalized spacial score (nSPS) is 24.4. The summed E-state index contributed by atoms with van der Waals surface area (Å²) in [5, 5.41) is 9.00. The van der Waals surface area contributed by atoms with Crippen molar-refractivity contribution in [2.75, 3.05) is 26.2 Å². The van der Waals surface area contributed by atoms with Crippen LogP contribution in [0, 0.1) is 5.92 Å². The van der Waals surface area contributed by atoms with Gasteiger partial charge in [0.05, 0.1) is 6.54 Å². The minimum atomic E-state index is 0.491. The maximum Gasteiger partial charge on any atom is 0.191 e. The standard InChI is InChI=1S/C15H24N4S/c1-12-9-16-15(18-12)17-10-13-4-6-19(7-5-13)11-14-3-2-8-20-14/h2-3,8,12-13H,4-7,9-11H2,1H3,(H2,16,17,18). The van der Waals surface area contributed by atoms with Crippen LogP contribution < -0.4 is 10.6 Å². The van der Waals surface area contributed by atoms with E-state index in [2.05, 4.69) is 45.0 Å². The number of nitrogens with zero attached hydrogens (tertiary/aromatic N) is 2. The third-order valence-electron chi connectivity index (χ3n) is 4.13. The smallest absolute Gasteiger partial charge is 0.191 e. The highest BCUT2D eigenvalue weighted by molar-refractivity contribution is 7.09. The van der Waals surface area contributed by atoms with E-state index in [9.17, 15) is 0 Å². The van der Waals surface area contributed by atoms with E-state index in [1.165, 1.54) is 30.8 Å². The highest BCUT2D eigenvalue weighted by atomic mass is 32.1. The van der Waals surface area contributed by atoms with Gasteiger partial charge >= 0.3 is 0 Å². The molecule has 3 rings (SSSR count). The second-order valence-corrected chi connectivity index (χ2v) is 6.95. The number of guanidine groups is 1. The zero-order chi connectivity index (χ0) is 13.8. The fourth-order valence-electron chi connectivity index (χ4n) is 2.87. The minimum Gasteiger partial charge on any atom is -0.356 e. The van der Waals surface area contributed by atoms with Crippen LogP contribution in [-0.4, -0.2) is 43.1 Å². The van der Waals surface area contributed by atoms with Crippen LogP contribution in [0.25, 0.3) is 0 Å².